The number of guanidine groups is 1. The number of amides is 1. The Kier molecular flexibility index (Phi) is 5.82. The van der Waals surface area contributed by atoms with Crippen molar-refractivity contribution in [3.8, 4) is 0 Å². The molecule has 4 heterocycles. The van der Waals surface area contributed by atoms with Crippen LogP contribution in [0.15, 0.2) is 24.5 Å². The van der Waals surface area contributed by atoms with Crippen molar-refractivity contribution < 1.29 is 4.79 Å². The fourth-order valence-electron chi connectivity index (χ4n) is 4.50. The number of hydrogen-bond donors (Lipinski definition) is 2. The summed E-state index contributed by atoms with van der Waals surface area (Å²) in [6, 6.07) is 5.00. The quantitative estimate of drug-likeness (QED) is 0.778. The molecule has 2 fully saturated rings. The van der Waals surface area contributed by atoms with Gasteiger partial charge in [0.2, 0.25) is 11.9 Å². The van der Waals surface area contributed by atoms with E-state index in [9.17, 15) is 4.79 Å². The molecule has 2 saturated heterocycles. The number of rotatable bonds is 6. The molecule has 29 heavy (non-hydrogen) atoms. The molecule has 0 unspecified atom stereocenters. The van der Waals surface area contributed by atoms with Crippen LogP contribution < -0.4 is 10.2 Å². The summed E-state index contributed by atoms with van der Waals surface area (Å²) in [5, 5.41) is 15.2. The summed E-state index contributed by atoms with van der Waals surface area (Å²) in [5.74, 6) is 0.0232. The highest BCUT2D eigenvalue weighted by molar-refractivity contribution is 6.08. The van der Waals surface area contributed by atoms with Crippen molar-refractivity contribution in [1.29, 1.82) is 5.41 Å². The molecule has 2 aromatic rings. The van der Waals surface area contributed by atoms with Crippen LogP contribution in [0.3, 0.4) is 0 Å². The molecule has 2 aromatic heterocycles. The highest BCUT2D eigenvalue weighted by Crippen LogP contribution is 2.24. The number of aromatic nitrogens is 2. The van der Waals surface area contributed by atoms with Gasteiger partial charge in [-0.15, -0.1) is 0 Å². The summed E-state index contributed by atoms with van der Waals surface area (Å²) in [4.78, 5) is 18.5. The van der Waals surface area contributed by atoms with Crippen LogP contribution in [0.5, 0.6) is 0 Å². The summed E-state index contributed by atoms with van der Waals surface area (Å²) in [7, 11) is 0. The maximum absolute atomic E-state index is 11.5. The number of carbonyl (C=O) groups is 1. The number of fused-ring (bicyclic) bond motifs is 1. The van der Waals surface area contributed by atoms with Crippen molar-refractivity contribution in [2.75, 3.05) is 37.6 Å². The molecular weight excluding hydrogens is 366 g/mol. The van der Waals surface area contributed by atoms with Crippen LogP contribution in [0.25, 0.3) is 5.52 Å². The monoisotopic (exact) mass is 397 g/mol. The topological polar surface area (TPSA) is 80.0 Å². The van der Waals surface area contributed by atoms with E-state index in [0.29, 0.717) is 19.0 Å². The lowest BCUT2D eigenvalue weighted by atomic mass is 10.1. The van der Waals surface area contributed by atoms with E-state index in [0.717, 1.165) is 43.9 Å². The van der Waals surface area contributed by atoms with Crippen LogP contribution in [-0.2, 0) is 11.3 Å². The van der Waals surface area contributed by atoms with E-state index in [2.05, 4.69) is 46.2 Å². The first-order valence-corrected chi connectivity index (χ1v) is 10.7. The number of nitrogens with one attached hydrogen (secondary N) is 2. The Bertz CT molecular complexity index is 880. The first-order chi connectivity index (χ1) is 14.1. The summed E-state index contributed by atoms with van der Waals surface area (Å²) < 4.78 is 1.84. The van der Waals surface area contributed by atoms with Gasteiger partial charge in [-0.1, -0.05) is 13.8 Å². The lowest BCUT2D eigenvalue weighted by molar-refractivity contribution is -0.119. The summed E-state index contributed by atoms with van der Waals surface area (Å²) in [6.07, 6.45) is 6.60. The van der Waals surface area contributed by atoms with Gasteiger partial charge in [-0.25, -0.2) is 4.52 Å². The molecular formula is C21H31N7O. The molecule has 8 heteroatoms. The first-order valence-electron chi connectivity index (χ1n) is 10.7. The molecule has 1 amide bonds. The number of hydrogen-bond acceptors (Lipinski definition) is 5. The van der Waals surface area contributed by atoms with E-state index < -0.39 is 0 Å². The maximum atomic E-state index is 11.5. The molecule has 0 aliphatic carbocycles. The van der Waals surface area contributed by atoms with Gasteiger partial charge < -0.3 is 4.90 Å². The normalized spacial score (nSPS) is 19.3. The fourth-order valence-corrected chi connectivity index (χ4v) is 4.50. The van der Waals surface area contributed by atoms with Crippen molar-refractivity contribution in [2.24, 2.45) is 0 Å². The Morgan fingerprint density at radius 3 is 2.62 bits per heavy atom. The minimum Gasteiger partial charge on any atom is -0.309 e. The van der Waals surface area contributed by atoms with Crippen LogP contribution >= 0.6 is 0 Å². The van der Waals surface area contributed by atoms with Gasteiger partial charge in [-0.05, 0) is 30.5 Å². The third-order valence-electron chi connectivity index (χ3n) is 6.22. The molecule has 2 N–H and O–H groups in total. The summed E-state index contributed by atoms with van der Waals surface area (Å²) >= 11 is 0. The minimum atomic E-state index is -0.101. The summed E-state index contributed by atoms with van der Waals surface area (Å²) in [6.45, 7) is 10.5. The number of carbonyl (C=O) groups excluding carboxylic acids is 1. The van der Waals surface area contributed by atoms with Crippen molar-refractivity contribution >= 4 is 23.1 Å². The van der Waals surface area contributed by atoms with Crippen LogP contribution in [-0.4, -0.2) is 70.0 Å². The maximum Gasteiger partial charge on any atom is 0.228 e. The largest absolute Gasteiger partial charge is 0.309 e. The Labute approximate surface area is 172 Å². The van der Waals surface area contributed by atoms with E-state index >= 15 is 0 Å². The minimum absolute atomic E-state index is 0.101. The fraction of sp³-hybridized carbons (Fsp3) is 0.571. The molecule has 0 radical (unpaired) electrons. The predicted molar refractivity (Wildman–Crippen MR) is 114 cm³/mol. The van der Waals surface area contributed by atoms with E-state index in [4.69, 9.17) is 5.41 Å². The molecule has 8 nitrogen and oxygen atoms in total. The van der Waals surface area contributed by atoms with Crippen molar-refractivity contribution in [3.05, 3.63) is 30.1 Å². The standard InChI is InChI=1S/C21H31N7O/c1-3-17(4-2)26-11-9-25(10-12-26)15-16-5-8-28-18(13-16)19(14-23-28)27-7-6-20(29)24-21(27)22/h5,8,13-14,17H,3-4,6-7,9-12,15H2,1-2H3,(H2,22,24,29). The van der Waals surface area contributed by atoms with Gasteiger partial charge in [0, 0.05) is 57.9 Å². The number of piperazine rings is 1. The zero-order valence-electron chi connectivity index (χ0n) is 17.4. The second-order valence-corrected chi connectivity index (χ2v) is 7.98. The van der Waals surface area contributed by atoms with Crippen molar-refractivity contribution in [1.82, 2.24) is 24.7 Å². The highest BCUT2D eigenvalue weighted by Gasteiger charge is 2.25. The van der Waals surface area contributed by atoms with Gasteiger partial charge in [0.05, 0.1) is 17.4 Å². The van der Waals surface area contributed by atoms with Gasteiger partial charge in [-0.2, -0.15) is 5.10 Å². The van der Waals surface area contributed by atoms with Crippen molar-refractivity contribution in [3.63, 3.8) is 0 Å². The van der Waals surface area contributed by atoms with Crippen LogP contribution in [0, 0.1) is 5.41 Å². The van der Waals surface area contributed by atoms with Crippen LogP contribution in [0.2, 0.25) is 0 Å². The molecule has 4 rings (SSSR count). The molecule has 156 valence electrons. The molecule has 0 atom stereocenters. The van der Waals surface area contributed by atoms with Gasteiger partial charge in [-0.3, -0.25) is 25.3 Å². The third kappa shape index (κ3) is 4.13. The predicted octanol–water partition coefficient (Wildman–Crippen LogP) is 1.90. The van der Waals surface area contributed by atoms with Gasteiger partial charge in [0.1, 0.15) is 0 Å². The summed E-state index contributed by atoms with van der Waals surface area (Å²) in [5.41, 5.74) is 3.09. The third-order valence-corrected chi connectivity index (χ3v) is 6.22. The molecule has 2 aliphatic rings. The Morgan fingerprint density at radius 1 is 1.17 bits per heavy atom. The molecule has 0 saturated carbocycles. The SMILES string of the molecule is CCC(CC)N1CCN(Cc2ccn3ncc(N4CCC(=O)NC4=N)c3c2)CC1. The zero-order valence-corrected chi connectivity index (χ0v) is 17.4. The first kappa shape index (κ1) is 19.8. The van der Waals surface area contributed by atoms with Gasteiger partial charge >= 0.3 is 0 Å². The second kappa shape index (κ2) is 8.51. The Hall–Kier alpha value is -2.45. The molecule has 0 aromatic carbocycles. The number of nitrogens with zero attached hydrogens (tertiary/aromatic N) is 5. The molecule has 0 bridgehead atoms. The Balaban J connectivity index is 1.46. The lowest BCUT2D eigenvalue weighted by Crippen LogP contribution is -2.50. The lowest BCUT2D eigenvalue weighted by Gasteiger charge is -2.38. The highest BCUT2D eigenvalue weighted by atomic mass is 16.2. The average Bonchev–Trinajstić information content (AvgIpc) is 3.13. The van der Waals surface area contributed by atoms with E-state index in [1.807, 2.05) is 15.6 Å². The zero-order chi connectivity index (χ0) is 20.4. The average molecular weight is 398 g/mol. The van der Waals surface area contributed by atoms with E-state index in [-0.39, 0.29) is 11.9 Å². The smallest absolute Gasteiger partial charge is 0.228 e. The van der Waals surface area contributed by atoms with Crippen molar-refractivity contribution in [2.45, 2.75) is 45.7 Å². The van der Waals surface area contributed by atoms with E-state index in [1.165, 1.54) is 18.4 Å². The van der Waals surface area contributed by atoms with Gasteiger partial charge in [0.15, 0.2) is 0 Å². The van der Waals surface area contributed by atoms with Crippen LogP contribution in [0.4, 0.5) is 5.69 Å². The van der Waals surface area contributed by atoms with Crippen LogP contribution in [0.1, 0.15) is 38.7 Å². The second-order valence-electron chi connectivity index (χ2n) is 7.98. The number of anilines is 1. The number of pyridine rings is 1. The molecule has 2 aliphatic heterocycles. The van der Waals surface area contributed by atoms with E-state index in [1.54, 1.807) is 6.20 Å². The van der Waals surface area contributed by atoms with Gasteiger partial charge in [0.25, 0.3) is 0 Å². The Morgan fingerprint density at radius 2 is 1.93 bits per heavy atom. The molecule has 0 spiro atoms.